The number of benzene rings is 3. The third-order valence-corrected chi connectivity index (χ3v) is 8.43. The van der Waals surface area contributed by atoms with E-state index < -0.39 is 11.6 Å². The van der Waals surface area contributed by atoms with Crippen LogP contribution in [-0.2, 0) is 11.2 Å². The molecule has 1 fully saturated rings. The van der Waals surface area contributed by atoms with Crippen LogP contribution in [0.15, 0.2) is 54.6 Å². The van der Waals surface area contributed by atoms with E-state index in [-0.39, 0.29) is 17.3 Å². The molecule has 0 aromatic heterocycles. The average Bonchev–Trinajstić information content (AvgIpc) is 2.98. The van der Waals surface area contributed by atoms with Gasteiger partial charge < -0.3 is 4.74 Å². The highest BCUT2D eigenvalue weighted by Gasteiger charge is 2.23. The Hall–Kier alpha value is -2.59. The van der Waals surface area contributed by atoms with Crippen molar-refractivity contribution in [2.24, 2.45) is 0 Å². The Morgan fingerprint density at radius 3 is 1.98 bits per heavy atom. The SMILES string of the molecule is CCCCCCCC1CCC(c2ccc(-c3ccc(-c4ccc(CCCCCC)c(F)c4F)cc3)c(F)c2)CO1. The molecule has 0 bridgehead atoms. The van der Waals surface area contributed by atoms with Crippen molar-refractivity contribution in [1.29, 1.82) is 0 Å². The third-order valence-electron chi connectivity index (χ3n) is 8.43. The second-order valence-corrected chi connectivity index (χ2v) is 11.5. The van der Waals surface area contributed by atoms with Gasteiger partial charge in [-0.15, -0.1) is 0 Å². The highest BCUT2D eigenvalue weighted by atomic mass is 19.2. The Bertz CT molecular complexity index is 1200. The fourth-order valence-electron chi connectivity index (χ4n) is 5.87. The molecule has 1 nitrogen and oxygen atoms in total. The summed E-state index contributed by atoms with van der Waals surface area (Å²) in [6.45, 7) is 5.01. The molecule has 0 radical (unpaired) electrons. The summed E-state index contributed by atoms with van der Waals surface area (Å²) in [6.07, 6.45) is 14.5. The number of halogens is 3. The molecule has 0 amide bonds. The number of hydrogen-bond acceptors (Lipinski definition) is 1. The Kier molecular flexibility index (Phi) is 11.7. The van der Waals surface area contributed by atoms with Crippen LogP contribution in [0.25, 0.3) is 22.3 Å². The smallest absolute Gasteiger partial charge is 0.166 e. The number of aryl methyl sites for hydroxylation is 1. The maximum absolute atomic E-state index is 15.2. The molecule has 4 rings (SSSR count). The van der Waals surface area contributed by atoms with Crippen LogP contribution in [0.2, 0.25) is 0 Å². The van der Waals surface area contributed by atoms with E-state index in [1.165, 1.54) is 32.1 Å². The lowest BCUT2D eigenvalue weighted by atomic mass is 9.89. The summed E-state index contributed by atoms with van der Waals surface area (Å²) >= 11 is 0. The van der Waals surface area contributed by atoms with Crippen LogP contribution in [0.4, 0.5) is 13.2 Å². The van der Waals surface area contributed by atoms with E-state index in [4.69, 9.17) is 4.74 Å². The fraction of sp³-hybridized carbons (Fsp3) is 0.500. The molecular weight excluding hydrogens is 505 g/mol. The standard InChI is InChI=1S/C36H45F3O/c1-3-5-7-9-11-13-31-21-18-30(25-40-31)29-20-22-32(34(37)24-29)26-14-16-27(17-15-26)33-23-19-28(35(38)36(33)39)12-10-8-6-4-2/h14-17,19-20,22-24,30-31H,3-13,18,21,25H2,1-2H3. The maximum Gasteiger partial charge on any atom is 0.166 e. The van der Waals surface area contributed by atoms with E-state index in [1.807, 2.05) is 12.1 Å². The largest absolute Gasteiger partial charge is 0.378 e. The number of hydrogen-bond donors (Lipinski definition) is 0. The van der Waals surface area contributed by atoms with Crippen LogP contribution < -0.4 is 0 Å². The summed E-state index contributed by atoms with van der Waals surface area (Å²) in [5, 5.41) is 0. The molecule has 0 spiro atoms. The van der Waals surface area contributed by atoms with E-state index in [2.05, 4.69) is 13.8 Å². The molecule has 216 valence electrons. The molecule has 1 aliphatic heterocycles. The Morgan fingerprint density at radius 2 is 1.32 bits per heavy atom. The highest BCUT2D eigenvalue weighted by molar-refractivity contribution is 5.71. The van der Waals surface area contributed by atoms with E-state index in [1.54, 1.807) is 42.5 Å². The topological polar surface area (TPSA) is 9.23 Å². The van der Waals surface area contributed by atoms with Crippen molar-refractivity contribution >= 4 is 0 Å². The molecule has 1 heterocycles. The predicted octanol–water partition coefficient (Wildman–Crippen LogP) is 11.2. The average molecular weight is 551 g/mol. The Morgan fingerprint density at radius 1 is 0.675 bits per heavy atom. The summed E-state index contributed by atoms with van der Waals surface area (Å²) in [4.78, 5) is 0. The summed E-state index contributed by atoms with van der Waals surface area (Å²) in [5.74, 6) is -1.63. The minimum atomic E-state index is -0.815. The summed E-state index contributed by atoms with van der Waals surface area (Å²) in [7, 11) is 0. The quantitative estimate of drug-likeness (QED) is 0.181. The van der Waals surface area contributed by atoms with Crippen molar-refractivity contribution < 1.29 is 17.9 Å². The van der Waals surface area contributed by atoms with Gasteiger partial charge in [0.1, 0.15) is 5.82 Å². The lowest BCUT2D eigenvalue weighted by Gasteiger charge is -2.29. The molecular formula is C36H45F3O. The van der Waals surface area contributed by atoms with E-state index in [0.717, 1.165) is 50.5 Å². The number of rotatable bonds is 14. The lowest BCUT2D eigenvalue weighted by Crippen LogP contribution is -2.24. The predicted molar refractivity (Wildman–Crippen MR) is 160 cm³/mol. The molecule has 40 heavy (non-hydrogen) atoms. The van der Waals surface area contributed by atoms with Crippen molar-refractivity contribution in [3.05, 3.63) is 83.2 Å². The fourth-order valence-corrected chi connectivity index (χ4v) is 5.87. The van der Waals surface area contributed by atoms with Crippen molar-refractivity contribution in [3.8, 4) is 22.3 Å². The first-order valence-electron chi connectivity index (χ1n) is 15.5. The second kappa shape index (κ2) is 15.4. The van der Waals surface area contributed by atoms with Gasteiger partial charge in [-0.1, -0.05) is 114 Å². The molecule has 1 aliphatic rings. The van der Waals surface area contributed by atoms with Gasteiger partial charge in [-0.05, 0) is 60.4 Å². The first-order chi connectivity index (χ1) is 19.5. The summed E-state index contributed by atoms with van der Waals surface area (Å²) in [6, 6.07) is 15.8. The zero-order valence-electron chi connectivity index (χ0n) is 24.3. The number of ether oxygens (including phenoxy) is 1. The molecule has 0 aliphatic carbocycles. The maximum atomic E-state index is 15.2. The van der Waals surface area contributed by atoms with Gasteiger partial charge in [0.25, 0.3) is 0 Å². The monoisotopic (exact) mass is 550 g/mol. The van der Waals surface area contributed by atoms with E-state index in [9.17, 15) is 8.78 Å². The minimum Gasteiger partial charge on any atom is -0.378 e. The van der Waals surface area contributed by atoms with Gasteiger partial charge in [0, 0.05) is 17.0 Å². The third kappa shape index (κ3) is 8.00. The van der Waals surface area contributed by atoms with Crippen LogP contribution in [0.1, 0.15) is 108 Å². The molecule has 3 aromatic carbocycles. The highest BCUT2D eigenvalue weighted by Crippen LogP contribution is 2.34. The second-order valence-electron chi connectivity index (χ2n) is 11.5. The van der Waals surface area contributed by atoms with Crippen LogP contribution >= 0.6 is 0 Å². The van der Waals surface area contributed by atoms with Gasteiger partial charge in [0.05, 0.1) is 12.7 Å². The molecule has 4 heteroatoms. The van der Waals surface area contributed by atoms with Gasteiger partial charge >= 0.3 is 0 Å². The van der Waals surface area contributed by atoms with E-state index >= 15 is 4.39 Å². The van der Waals surface area contributed by atoms with Gasteiger partial charge in [-0.25, -0.2) is 13.2 Å². The minimum absolute atomic E-state index is 0.217. The zero-order valence-corrected chi connectivity index (χ0v) is 24.3. The Labute approximate surface area is 239 Å². The van der Waals surface area contributed by atoms with Gasteiger partial charge in [-0.2, -0.15) is 0 Å². The van der Waals surface area contributed by atoms with Crippen molar-refractivity contribution in [2.75, 3.05) is 6.61 Å². The van der Waals surface area contributed by atoms with Crippen molar-refractivity contribution in [1.82, 2.24) is 0 Å². The zero-order chi connectivity index (χ0) is 28.3. The van der Waals surface area contributed by atoms with Crippen LogP contribution in [-0.4, -0.2) is 12.7 Å². The van der Waals surface area contributed by atoms with Crippen LogP contribution in [0.5, 0.6) is 0 Å². The molecule has 1 saturated heterocycles. The number of unbranched alkanes of at least 4 members (excludes halogenated alkanes) is 7. The van der Waals surface area contributed by atoms with Crippen molar-refractivity contribution in [3.63, 3.8) is 0 Å². The Balaban J connectivity index is 1.36. The molecule has 2 unspecified atom stereocenters. The van der Waals surface area contributed by atoms with Gasteiger partial charge in [-0.3, -0.25) is 0 Å². The van der Waals surface area contributed by atoms with Gasteiger partial charge in [0.15, 0.2) is 11.6 Å². The first kappa shape index (κ1) is 30.4. The molecule has 2 atom stereocenters. The molecule has 0 saturated carbocycles. The summed E-state index contributed by atoms with van der Waals surface area (Å²) < 4.78 is 51.0. The molecule has 3 aromatic rings. The van der Waals surface area contributed by atoms with Crippen molar-refractivity contribution in [2.45, 2.75) is 109 Å². The van der Waals surface area contributed by atoms with Crippen LogP contribution in [0, 0.1) is 17.5 Å². The summed E-state index contributed by atoms with van der Waals surface area (Å²) in [5.41, 5.74) is 3.43. The van der Waals surface area contributed by atoms with Gasteiger partial charge in [0.2, 0.25) is 0 Å². The van der Waals surface area contributed by atoms with E-state index in [0.29, 0.717) is 41.4 Å². The molecule has 0 N–H and O–H groups in total. The van der Waals surface area contributed by atoms with Crippen LogP contribution in [0.3, 0.4) is 0 Å². The normalized spacial score (nSPS) is 17.3. The lowest BCUT2D eigenvalue weighted by molar-refractivity contribution is -0.00217. The first-order valence-corrected chi connectivity index (χ1v) is 15.5.